The van der Waals surface area contributed by atoms with Crippen LogP contribution in [0, 0.1) is 5.92 Å². The molecule has 2 heterocycles. The maximum absolute atomic E-state index is 13.2. The lowest BCUT2D eigenvalue weighted by atomic mass is 10.00. The second-order valence-electron chi connectivity index (χ2n) is 10.8. The van der Waals surface area contributed by atoms with E-state index in [-0.39, 0.29) is 25.3 Å². The standard InChI is InChI=1S/C23H36N4O7/c1-13(2)9-15(19(29)30)25-18(28)16-10-14-17(11-26(16)20(31)33-22(3,4)5)27(12-24-14)21(32)34-23(6,7)8/h12-13,15-16H,9-11H2,1-8H3,(H,25,28)(H,29,30)/t15-,16-/m0/s1. The van der Waals surface area contributed by atoms with Crippen molar-refractivity contribution in [3.05, 3.63) is 17.7 Å². The minimum absolute atomic E-state index is 0.00970. The van der Waals surface area contributed by atoms with E-state index in [1.54, 1.807) is 41.5 Å². The van der Waals surface area contributed by atoms with Crippen LogP contribution in [-0.2, 0) is 32.0 Å². The van der Waals surface area contributed by atoms with Crippen LogP contribution in [0.25, 0.3) is 0 Å². The Balaban J connectivity index is 2.38. The van der Waals surface area contributed by atoms with Crippen LogP contribution in [0.4, 0.5) is 9.59 Å². The van der Waals surface area contributed by atoms with Crippen molar-refractivity contribution in [3.8, 4) is 0 Å². The van der Waals surface area contributed by atoms with Crippen molar-refractivity contribution in [3.63, 3.8) is 0 Å². The molecular weight excluding hydrogens is 444 g/mol. The fourth-order valence-corrected chi connectivity index (χ4v) is 3.49. The topological polar surface area (TPSA) is 140 Å². The first-order valence-electron chi connectivity index (χ1n) is 11.3. The zero-order chi connectivity index (χ0) is 26.0. The Kier molecular flexibility index (Phi) is 8.00. The minimum Gasteiger partial charge on any atom is -0.480 e. The number of carbonyl (C=O) groups excluding carboxylic acids is 3. The molecule has 1 aromatic rings. The predicted octanol–water partition coefficient (Wildman–Crippen LogP) is 2.94. The Morgan fingerprint density at radius 1 is 1.09 bits per heavy atom. The molecule has 2 amide bonds. The van der Waals surface area contributed by atoms with Crippen LogP contribution >= 0.6 is 0 Å². The molecule has 2 rings (SSSR count). The summed E-state index contributed by atoms with van der Waals surface area (Å²) in [6.07, 6.45) is 0.107. The summed E-state index contributed by atoms with van der Waals surface area (Å²) in [5.74, 6) is -1.75. The zero-order valence-corrected chi connectivity index (χ0v) is 21.2. The van der Waals surface area contributed by atoms with Gasteiger partial charge in [-0.2, -0.15) is 0 Å². The summed E-state index contributed by atoms with van der Waals surface area (Å²) in [5.41, 5.74) is -0.716. The van der Waals surface area contributed by atoms with Crippen molar-refractivity contribution in [1.82, 2.24) is 19.8 Å². The third-order valence-electron chi connectivity index (χ3n) is 4.88. The fourth-order valence-electron chi connectivity index (χ4n) is 3.49. The normalized spacial score (nSPS) is 17.1. The van der Waals surface area contributed by atoms with Crippen molar-refractivity contribution < 1.29 is 33.8 Å². The maximum Gasteiger partial charge on any atom is 0.420 e. The van der Waals surface area contributed by atoms with Crippen LogP contribution in [0.2, 0.25) is 0 Å². The van der Waals surface area contributed by atoms with Crippen LogP contribution in [-0.4, -0.2) is 66.9 Å². The molecule has 0 unspecified atom stereocenters. The van der Waals surface area contributed by atoms with E-state index in [9.17, 15) is 24.3 Å². The van der Waals surface area contributed by atoms with Gasteiger partial charge in [0.05, 0.1) is 17.9 Å². The number of fused-ring (bicyclic) bond motifs is 1. The number of amides is 2. The van der Waals surface area contributed by atoms with Crippen molar-refractivity contribution in [2.45, 2.75) is 98.1 Å². The third kappa shape index (κ3) is 7.19. The van der Waals surface area contributed by atoms with Crippen LogP contribution in [0.1, 0.15) is 73.2 Å². The summed E-state index contributed by atoms with van der Waals surface area (Å²) in [5, 5.41) is 12.1. The third-order valence-corrected chi connectivity index (χ3v) is 4.88. The number of rotatable bonds is 5. The van der Waals surface area contributed by atoms with E-state index in [0.29, 0.717) is 11.4 Å². The molecule has 11 heteroatoms. The number of aromatic nitrogens is 2. The van der Waals surface area contributed by atoms with Crippen LogP contribution < -0.4 is 5.32 Å². The van der Waals surface area contributed by atoms with E-state index < -0.39 is 47.3 Å². The van der Waals surface area contributed by atoms with Gasteiger partial charge < -0.3 is 19.9 Å². The Morgan fingerprint density at radius 3 is 2.15 bits per heavy atom. The van der Waals surface area contributed by atoms with E-state index >= 15 is 0 Å². The molecule has 1 aromatic heterocycles. The zero-order valence-electron chi connectivity index (χ0n) is 21.2. The smallest absolute Gasteiger partial charge is 0.420 e. The molecule has 11 nitrogen and oxygen atoms in total. The lowest BCUT2D eigenvalue weighted by molar-refractivity contribution is -0.143. The van der Waals surface area contributed by atoms with Gasteiger partial charge in [0, 0.05) is 6.42 Å². The molecule has 2 atom stereocenters. The maximum atomic E-state index is 13.2. The molecule has 0 spiro atoms. The van der Waals surface area contributed by atoms with Gasteiger partial charge in [0.1, 0.15) is 29.6 Å². The number of hydrogen-bond acceptors (Lipinski definition) is 7. The highest BCUT2D eigenvalue weighted by atomic mass is 16.6. The monoisotopic (exact) mass is 480 g/mol. The molecule has 0 radical (unpaired) electrons. The number of nitrogens with zero attached hydrogens (tertiary/aromatic N) is 3. The van der Waals surface area contributed by atoms with Gasteiger partial charge in [-0.3, -0.25) is 9.69 Å². The summed E-state index contributed by atoms with van der Waals surface area (Å²) in [6.45, 7) is 13.9. The van der Waals surface area contributed by atoms with E-state index in [2.05, 4.69) is 10.3 Å². The van der Waals surface area contributed by atoms with Gasteiger partial charge in [0.2, 0.25) is 5.91 Å². The average molecular weight is 481 g/mol. The van der Waals surface area contributed by atoms with Gasteiger partial charge in [-0.15, -0.1) is 0 Å². The van der Waals surface area contributed by atoms with Gasteiger partial charge in [-0.1, -0.05) is 13.8 Å². The Hall–Kier alpha value is -3.11. The molecule has 0 aromatic carbocycles. The lowest BCUT2D eigenvalue weighted by Gasteiger charge is -2.36. The van der Waals surface area contributed by atoms with E-state index in [1.165, 1.54) is 15.8 Å². The van der Waals surface area contributed by atoms with Gasteiger partial charge in [-0.25, -0.2) is 23.9 Å². The van der Waals surface area contributed by atoms with Gasteiger partial charge >= 0.3 is 18.2 Å². The molecule has 0 fully saturated rings. The molecule has 0 aliphatic carbocycles. The summed E-state index contributed by atoms with van der Waals surface area (Å²) >= 11 is 0. The number of carbonyl (C=O) groups is 4. The lowest BCUT2D eigenvalue weighted by Crippen LogP contribution is -2.56. The van der Waals surface area contributed by atoms with E-state index in [1.807, 2.05) is 13.8 Å². The van der Waals surface area contributed by atoms with Gasteiger partial charge in [0.25, 0.3) is 0 Å². The predicted molar refractivity (Wildman–Crippen MR) is 122 cm³/mol. The highest BCUT2D eigenvalue weighted by Crippen LogP contribution is 2.26. The number of imidazole rings is 1. The molecule has 0 bridgehead atoms. The van der Waals surface area contributed by atoms with Gasteiger partial charge in [-0.05, 0) is 53.9 Å². The quantitative estimate of drug-likeness (QED) is 0.655. The number of carboxylic acid groups (broad SMARTS) is 1. The summed E-state index contributed by atoms with van der Waals surface area (Å²) < 4.78 is 12.1. The molecule has 0 saturated carbocycles. The summed E-state index contributed by atoms with van der Waals surface area (Å²) in [7, 11) is 0. The SMILES string of the molecule is CC(C)C[C@H](NC(=O)[C@@H]1Cc2ncn(C(=O)OC(C)(C)C)c2CN1C(=O)OC(C)(C)C)C(=O)O. The largest absolute Gasteiger partial charge is 0.480 e. The van der Waals surface area contributed by atoms with E-state index in [4.69, 9.17) is 9.47 Å². The Morgan fingerprint density at radius 2 is 1.65 bits per heavy atom. The molecule has 2 N–H and O–H groups in total. The van der Waals surface area contributed by atoms with E-state index in [0.717, 1.165) is 0 Å². The molecule has 1 aliphatic heterocycles. The van der Waals surface area contributed by atoms with Crippen molar-refractivity contribution >= 4 is 24.1 Å². The first-order chi connectivity index (χ1) is 15.5. The number of ether oxygens (including phenoxy) is 2. The Labute approximate surface area is 199 Å². The van der Waals surface area contributed by atoms with Crippen LogP contribution in [0.3, 0.4) is 0 Å². The number of aliphatic carboxylic acids is 1. The Bertz CT molecular complexity index is 940. The average Bonchev–Trinajstić information content (AvgIpc) is 3.06. The van der Waals surface area contributed by atoms with Crippen molar-refractivity contribution in [2.24, 2.45) is 5.92 Å². The fraction of sp³-hybridized carbons (Fsp3) is 0.696. The van der Waals surface area contributed by atoms with Crippen LogP contribution in [0.5, 0.6) is 0 Å². The summed E-state index contributed by atoms with van der Waals surface area (Å²) in [6, 6.07) is -2.16. The second kappa shape index (κ2) is 10.0. The highest BCUT2D eigenvalue weighted by Gasteiger charge is 2.41. The molecule has 34 heavy (non-hydrogen) atoms. The molecule has 1 aliphatic rings. The minimum atomic E-state index is -1.16. The number of carboxylic acids is 1. The molecule has 190 valence electrons. The van der Waals surface area contributed by atoms with Crippen molar-refractivity contribution in [2.75, 3.05) is 0 Å². The van der Waals surface area contributed by atoms with Gasteiger partial charge in [0.15, 0.2) is 0 Å². The highest BCUT2D eigenvalue weighted by molar-refractivity contribution is 5.90. The number of hydrogen-bond donors (Lipinski definition) is 2. The second-order valence-corrected chi connectivity index (χ2v) is 10.8. The summed E-state index contributed by atoms with van der Waals surface area (Å²) in [4.78, 5) is 56.0. The molecule has 0 saturated heterocycles. The first-order valence-corrected chi connectivity index (χ1v) is 11.3. The first kappa shape index (κ1) is 27.1. The van der Waals surface area contributed by atoms with Crippen molar-refractivity contribution in [1.29, 1.82) is 0 Å². The molecular formula is C23H36N4O7. The number of nitrogens with one attached hydrogen (secondary N) is 1. The van der Waals surface area contributed by atoms with Crippen LogP contribution in [0.15, 0.2) is 6.33 Å².